The van der Waals surface area contributed by atoms with E-state index in [1.807, 2.05) is 11.6 Å². The second-order valence-corrected chi connectivity index (χ2v) is 2.83. The van der Waals surface area contributed by atoms with Crippen molar-refractivity contribution in [2.75, 3.05) is 7.11 Å². The molecule has 72 valence electrons. The zero-order chi connectivity index (χ0) is 9.84. The fraction of sp³-hybridized carbons (Fsp3) is 0.500. The van der Waals surface area contributed by atoms with E-state index in [0.29, 0.717) is 6.42 Å². The molecule has 1 heterocycles. The number of hydrogen-bond acceptors (Lipinski definition) is 4. The third kappa shape index (κ3) is 2.29. The van der Waals surface area contributed by atoms with Crippen molar-refractivity contribution in [1.29, 1.82) is 0 Å². The number of rotatable bonds is 3. The van der Waals surface area contributed by atoms with Gasteiger partial charge in [0.2, 0.25) is 0 Å². The van der Waals surface area contributed by atoms with E-state index in [4.69, 9.17) is 5.73 Å². The Morgan fingerprint density at radius 2 is 2.54 bits per heavy atom. The molecule has 0 fully saturated rings. The molecule has 0 aliphatic heterocycles. The van der Waals surface area contributed by atoms with Gasteiger partial charge in [-0.2, -0.15) is 0 Å². The number of ether oxygens (including phenoxy) is 1. The van der Waals surface area contributed by atoms with Crippen molar-refractivity contribution in [2.45, 2.75) is 12.5 Å². The van der Waals surface area contributed by atoms with Crippen molar-refractivity contribution < 1.29 is 9.53 Å². The van der Waals surface area contributed by atoms with Crippen molar-refractivity contribution in [1.82, 2.24) is 9.55 Å². The second kappa shape index (κ2) is 4.04. The van der Waals surface area contributed by atoms with Crippen molar-refractivity contribution in [3.63, 3.8) is 0 Å². The van der Waals surface area contributed by atoms with Crippen LogP contribution in [-0.2, 0) is 23.0 Å². The third-order valence-corrected chi connectivity index (χ3v) is 1.85. The molecular formula is C8H13N3O2. The minimum atomic E-state index is -0.611. The van der Waals surface area contributed by atoms with E-state index in [9.17, 15) is 4.79 Å². The summed E-state index contributed by atoms with van der Waals surface area (Å²) >= 11 is 0. The first kappa shape index (κ1) is 9.73. The highest BCUT2D eigenvalue weighted by atomic mass is 16.5. The largest absolute Gasteiger partial charge is 0.468 e. The summed E-state index contributed by atoms with van der Waals surface area (Å²) in [6, 6.07) is -0.611. The van der Waals surface area contributed by atoms with Crippen molar-refractivity contribution in [2.24, 2.45) is 12.8 Å². The van der Waals surface area contributed by atoms with Crippen LogP contribution in [-0.4, -0.2) is 28.7 Å². The number of nitrogens with two attached hydrogens (primary N) is 1. The van der Waals surface area contributed by atoms with Crippen LogP contribution in [0.5, 0.6) is 0 Å². The lowest BCUT2D eigenvalue weighted by atomic mass is 10.2. The first-order valence-electron chi connectivity index (χ1n) is 3.93. The van der Waals surface area contributed by atoms with Gasteiger partial charge >= 0.3 is 5.97 Å². The molecule has 0 aromatic carbocycles. The fourth-order valence-electron chi connectivity index (χ4n) is 1.04. The second-order valence-electron chi connectivity index (χ2n) is 2.83. The molecule has 0 unspecified atom stereocenters. The van der Waals surface area contributed by atoms with Crippen molar-refractivity contribution in [3.05, 3.63) is 18.2 Å². The van der Waals surface area contributed by atoms with Gasteiger partial charge in [0.25, 0.3) is 0 Å². The molecular weight excluding hydrogens is 170 g/mol. The Bertz CT molecular complexity index is 295. The molecule has 5 heteroatoms. The maximum absolute atomic E-state index is 11.0. The quantitative estimate of drug-likeness (QED) is 0.639. The summed E-state index contributed by atoms with van der Waals surface area (Å²) in [5, 5.41) is 0. The summed E-state index contributed by atoms with van der Waals surface area (Å²) in [5.41, 5.74) is 6.49. The normalized spacial score (nSPS) is 12.5. The van der Waals surface area contributed by atoms with Gasteiger partial charge in [-0.1, -0.05) is 0 Å². The summed E-state index contributed by atoms with van der Waals surface area (Å²) in [4.78, 5) is 14.9. The van der Waals surface area contributed by atoms with Gasteiger partial charge in [-0.25, -0.2) is 4.98 Å². The highest BCUT2D eigenvalue weighted by Gasteiger charge is 2.15. The zero-order valence-corrected chi connectivity index (χ0v) is 7.73. The molecule has 13 heavy (non-hydrogen) atoms. The number of carbonyl (C=O) groups is 1. The molecule has 1 rings (SSSR count). The topological polar surface area (TPSA) is 70.1 Å². The molecule has 0 saturated heterocycles. The van der Waals surface area contributed by atoms with Gasteiger partial charge in [0, 0.05) is 25.4 Å². The first-order chi connectivity index (χ1) is 6.15. The van der Waals surface area contributed by atoms with Crippen LogP contribution in [0, 0.1) is 0 Å². The van der Waals surface area contributed by atoms with Crippen LogP contribution < -0.4 is 5.73 Å². The lowest BCUT2D eigenvalue weighted by Crippen LogP contribution is -2.34. The van der Waals surface area contributed by atoms with Crippen LogP contribution in [0.1, 0.15) is 5.69 Å². The van der Waals surface area contributed by atoms with Gasteiger partial charge in [0.15, 0.2) is 0 Å². The number of aromatic nitrogens is 2. The van der Waals surface area contributed by atoms with Gasteiger partial charge in [0.05, 0.1) is 13.4 Å². The SMILES string of the molecule is COC(=O)[C@@H](N)Cc1cncn1C. The molecule has 0 spiro atoms. The van der Waals surface area contributed by atoms with Crippen molar-refractivity contribution in [3.8, 4) is 0 Å². The molecule has 0 radical (unpaired) electrons. The number of aryl methyl sites for hydroxylation is 1. The maximum atomic E-state index is 11.0. The summed E-state index contributed by atoms with van der Waals surface area (Å²) in [6.07, 6.45) is 3.80. The average molecular weight is 183 g/mol. The predicted octanol–water partition coefficient (Wildman–Crippen LogP) is -0.537. The third-order valence-electron chi connectivity index (χ3n) is 1.85. The van der Waals surface area contributed by atoms with Crippen LogP contribution in [0.15, 0.2) is 12.5 Å². The molecule has 0 amide bonds. The zero-order valence-electron chi connectivity index (χ0n) is 7.73. The molecule has 1 atom stereocenters. The minimum absolute atomic E-state index is 0.402. The first-order valence-corrected chi connectivity index (χ1v) is 3.93. The van der Waals surface area contributed by atoms with Gasteiger partial charge in [-0.15, -0.1) is 0 Å². The lowest BCUT2D eigenvalue weighted by Gasteiger charge is -2.08. The van der Waals surface area contributed by atoms with Crippen LogP contribution in [0.25, 0.3) is 0 Å². The van der Waals surface area contributed by atoms with E-state index in [0.717, 1.165) is 5.69 Å². The number of imidazole rings is 1. The summed E-state index contributed by atoms with van der Waals surface area (Å²) in [7, 11) is 3.18. The Morgan fingerprint density at radius 3 is 3.00 bits per heavy atom. The summed E-state index contributed by atoms with van der Waals surface area (Å²) < 4.78 is 6.33. The monoisotopic (exact) mass is 183 g/mol. The van der Waals surface area contributed by atoms with Gasteiger partial charge in [0.1, 0.15) is 6.04 Å². The summed E-state index contributed by atoms with van der Waals surface area (Å²) in [6.45, 7) is 0. The number of hydrogen-bond donors (Lipinski definition) is 1. The molecule has 2 N–H and O–H groups in total. The Hall–Kier alpha value is -1.36. The maximum Gasteiger partial charge on any atom is 0.323 e. The number of methoxy groups -OCH3 is 1. The van der Waals surface area contributed by atoms with E-state index in [-0.39, 0.29) is 0 Å². The fourth-order valence-corrected chi connectivity index (χ4v) is 1.04. The molecule has 5 nitrogen and oxygen atoms in total. The molecule has 0 aliphatic rings. The predicted molar refractivity (Wildman–Crippen MR) is 46.9 cm³/mol. The number of esters is 1. The van der Waals surface area contributed by atoms with E-state index < -0.39 is 12.0 Å². The van der Waals surface area contributed by atoms with Crippen LogP contribution in [0.2, 0.25) is 0 Å². The highest BCUT2D eigenvalue weighted by Crippen LogP contribution is 2.00. The van der Waals surface area contributed by atoms with E-state index in [1.54, 1.807) is 12.5 Å². The van der Waals surface area contributed by atoms with E-state index in [2.05, 4.69) is 9.72 Å². The molecule has 0 bridgehead atoms. The highest BCUT2D eigenvalue weighted by molar-refractivity contribution is 5.75. The standard InChI is InChI=1S/C8H13N3O2/c1-11-5-10-4-6(11)3-7(9)8(12)13-2/h4-5,7H,3,9H2,1-2H3/t7-/m0/s1. The molecule has 0 saturated carbocycles. The van der Waals surface area contributed by atoms with Crippen LogP contribution in [0.3, 0.4) is 0 Å². The van der Waals surface area contributed by atoms with Crippen LogP contribution >= 0.6 is 0 Å². The Balaban J connectivity index is 2.59. The molecule has 1 aromatic rings. The Labute approximate surface area is 76.5 Å². The van der Waals surface area contributed by atoms with E-state index in [1.165, 1.54) is 7.11 Å². The smallest absolute Gasteiger partial charge is 0.323 e. The van der Waals surface area contributed by atoms with Gasteiger partial charge in [-0.05, 0) is 0 Å². The van der Waals surface area contributed by atoms with Crippen LogP contribution in [0.4, 0.5) is 0 Å². The lowest BCUT2D eigenvalue weighted by molar-refractivity contribution is -0.142. The minimum Gasteiger partial charge on any atom is -0.468 e. The molecule has 0 aliphatic carbocycles. The molecule has 1 aromatic heterocycles. The van der Waals surface area contributed by atoms with Gasteiger partial charge < -0.3 is 15.0 Å². The van der Waals surface area contributed by atoms with Gasteiger partial charge in [-0.3, -0.25) is 4.79 Å². The van der Waals surface area contributed by atoms with Crippen molar-refractivity contribution >= 4 is 5.97 Å². The Kier molecular flexibility index (Phi) is 3.02. The summed E-state index contributed by atoms with van der Waals surface area (Å²) in [5.74, 6) is -0.402. The average Bonchev–Trinajstić information content (AvgIpc) is 2.50. The number of nitrogens with zero attached hydrogens (tertiary/aromatic N) is 2. The Morgan fingerprint density at radius 1 is 1.85 bits per heavy atom. The number of carbonyl (C=O) groups excluding carboxylic acids is 1. The van der Waals surface area contributed by atoms with E-state index >= 15 is 0 Å².